The number of hydrogen-bond acceptors (Lipinski definition) is 2. The molecule has 0 aromatic heterocycles. The summed E-state index contributed by atoms with van der Waals surface area (Å²) < 4.78 is 5.09. The van der Waals surface area contributed by atoms with Crippen molar-refractivity contribution in [3.8, 4) is 0 Å². The molecule has 4 aliphatic heterocycles. The number of fused-ring (bicyclic) bond motifs is 12. The van der Waals surface area contributed by atoms with E-state index < -0.39 is 0 Å². The summed E-state index contributed by atoms with van der Waals surface area (Å²) in [6, 6.07) is 54.8. The molecule has 78 heavy (non-hydrogen) atoms. The Labute approximate surface area is 465 Å². The van der Waals surface area contributed by atoms with Crippen LogP contribution in [0.15, 0.2) is 193 Å². The average molecular weight is 1030 g/mol. The SMILES string of the molecule is CCN1C(=CC=CC2=[N+](CC)c3ccc4ccccc4c3C2(C)C)C(C)(CCCCCCC2(C)C(=CC=CC3=[N+](CC)c4ccc5ccccc5c4C3(C)C)N(CC)c3ccc4ccccc4c32)c2c1ccc1ccccc21. The van der Waals surface area contributed by atoms with Gasteiger partial charge in [-0.05, 0) is 173 Å². The van der Waals surface area contributed by atoms with Gasteiger partial charge in [-0.1, -0.05) is 147 Å². The zero-order valence-corrected chi connectivity index (χ0v) is 48.2. The fourth-order valence-corrected chi connectivity index (χ4v) is 15.5. The molecule has 394 valence electrons. The van der Waals surface area contributed by atoms with Gasteiger partial charge in [-0.3, -0.25) is 0 Å². The van der Waals surface area contributed by atoms with E-state index in [9.17, 15) is 0 Å². The van der Waals surface area contributed by atoms with Crippen LogP contribution in [0.3, 0.4) is 0 Å². The highest BCUT2D eigenvalue weighted by Gasteiger charge is 2.48. The number of likely N-dealkylation sites (N-methyl/N-ethyl adjacent to an activating group) is 2. The third-order valence-corrected chi connectivity index (χ3v) is 19.1. The summed E-state index contributed by atoms with van der Waals surface area (Å²) in [5.41, 5.74) is 16.3. The largest absolute Gasteiger partial charge is 0.344 e. The summed E-state index contributed by atoms with van der Waals surface area (Å²) in [5, 5.41) is 10.8. The first-order valence-electron chi connectivity index (χ1n) is 29.5. The van der Waals surface area contributed by atoms with Gasteiger partial charge in [0.05, 0.1) is 10.8 Å². The van der Waals surface area contributed by atoms with E-state index >= 15 is 0 Å². The minimum absolute atomic E-state index is 0.137. The van der Waals surface area contributed by atoms with E-state index in [1.165, 1.54) is 124 Å². The standard InChI is InChI=1S/C74H80N4/c1-11-75-59-45-41-51-29-17-21-33-55(51)67(59)71(5,6)63(75)37-27-39-65-73(9,69-57-35-23-19-31-53(57)43-47-61(69)77(65)13-3)49-25-15-16-26-50-74(10)66(78(14-4)62-48-44-54-32-20-24-36-58(54)70(62)74)40-28-38-64-72(7,8)68-56-34-22-18-30-52(56)42-46-60(68)76(64)12-2/h17-24,27-48H,11-16,25-26,49-50H2,1-10H3/q+2. The van der Waals surface area contributed by atoms with Crippen molar-refractivity contribution in [2.45, 2.75) is 129 Å². The molecule has 0 radical (unpaired) electrons. The van der Waals surface area contributed by atoms with E-state index in [0.717, 1.165) is 51.9 Å². The van der Waals surface area contributed by atoms with E-state index in [4.69, 9.17) is 0 Å². The van der Waals surface area contributed by atoms with Crippen molar-refractivity contribution >= 4 is 77.3 Å². The van der Waals surface area contributed by atoms with Crippen LogP contribution in [0.1, 0.15) is 130 Å². The van der Waals surface area contributed by atoms with Crippen molar-refractivity contribution in [1.82, 2.24) is 0 Å². The molecule has 0 saturated carbocycles. The molecule has 12 rings (SSSR count). The van der Waals surface area contributed by atoms with Crippen LogP contribution in [-0.4, -0.2) is 46.8 Å². The lowest BCUT2D eigenvalue weighted by Gasteiger charge is -2.31. The van der Waals surface area contributed by atoms with Crippen molar-refractivity contribution in [2.24, 2.45) is 0 Å². The van der Waals surface area contributed by atoms with Crippen molar-refractivity contribution in [1.29, 1.82) is 0 Å². The Balaban J connectivity index is 0.834. The lowest BCUT2D eigenvalue weighted by molar-refractivity contribution is -0.433. The smallest absolute Gasteiger partial charge is 0.210 e. The molecular weight excluding hydrogens is 945 g/mol. The first-order chi connectivity index (χ1) is 37.8. The van der Waals surface area contributed by atoms with Crippen molar-refractivity contribution in [2.75, 3.05) is 36.0 Å². The highest BCUT2D eigenvalue weighted by Crippen LogP contribution is 2.56. The van der Waals surface area contributed by atoms with E-state index in [1.54, 1.807) is 0 Å². The third-order valence-electron chi connectivity index (χ3n) is 19.1. The molecule has 8 aromatic rings. The van der Waals surface area contributed by atoms with Crippen molar-refractivity contribution in [3.63, 3.8) is 0 Å². The van der Waals surface area contributed by atoms with Gasteiger partial charge in [0.2, 0.25) is 11.4 Å². The number of anilines is 2. The summed E-state index contributed by atoms with van der Waals surface area (Å²) in [4.78, 5) is 5.24. The molecular formula is C74H80N4+2. The number of allylic oxidation sites excluding steroid dienone is 8. The summed E-state index contributed by atoms with van der Waals surface area (Å²) >= 11 is 0. The van der Waals surface area contributed by atoms with Gasteiger partial charge in [-0.15, -0.1) is 0 Å². The number of benzene rings is 8. The van der Waals surface area contributed by atoms with Crippen LogP contribution in [0, 0.1) is 0 Å². The normalized spacial score (nSPS) is 21.3. The predicted molar refractivity (Wildman–Crippen MR) is 336 cm³/mol. The molecule has 0 spiro atoms. The Morgan fingerprint density at radius 2 is 0.718 bits per heavy atom. The maximum Gasteiger partial charge on any atom is 0.210 e. The Morgan fingerprint density at radius 1 is 0.385 bits per heavy atom. The van der Waals surface area contributed by atoms with Crippen LogP contribution in [0.5, 0.6) is 0 Å². The van der Waals surface area contributed by atoms with Gasteiger partial charge in [0.1, 0.15) is 13.1 Å². The number of nitrogens with zero attached hydrogens (tertiary/aromatic N) is 4. The van der Waals surface area contributed by atoms with Gasteiger partial charge in [0, 0.05) is 82.1 Å². The summed E-state index contributed by atoms with van der Waals surface area (Å²) in [6.07, 6.45) is 21.5. The maximum absolute atomic E-state index is 2.62. The Bertz CT molecular complexity index is 3650. The second kappa shape index (κ2) is 19.9. The first-order valence-corrected chi connectivity index (χ1v) is 29.5. The minimum atomic E-state index is -0.150. The lowest BCUT2D eigenvalue weighted by atomic mass is 9.74. The molecule has 0 N–H and O–H groups in total. The van der Waals surface area contributed by atoms with Crippen LogP contribution in [-0.2, 0) is 21.7 Å². The predicted octanol–water partition coefficient (Wildman–Crippen LogP) is 18.6. The topological polar surface area (TPSA) is 12.5 Å². The fraction of sp³-hybridized carbons (Fsp3) is 0.324. The molecule has 0 fully saturated rings. The van der Waals surface area contributed by atoms with Gasteiger partial charge >= 0.3 is 0 Å². The fourth-order valence-electron chi connectivity index (χ4n) is 15.5. The second-order valence-corrected chi connectivity index (χ2v) is 24.1. The highest BCUT2D eigenvalue weighted by molar-refractivity contribution is 6.09. The average Bonchev–Trinajstić information content (AvgIpc) is 4.08. The maximum atomic E-state index is 2.62. The molecule has 2 unspecified atom stereocenters. The van der Waals surface area contributed by atoms with Gasteiger partial charge < -0.3 is 9.80 Å². The van der Waals surface area contributed by atoms with Crippen molar-refractivity contribution in [3.05, 3.63) is 216 Å². The van der Waals surface area contributed by atoms with E-state index in [2.05, 4.69) is 270 Å². The molecule has 0 aliphatic carbocycles. The first kappa shape index (κ1) is 51.5. The number of rotatable bonds is 15. The quantitative estimate of drug-likeness (QED) is 0.0749. The lowest BCUT2D eigenvalue weighted by Crippen LogP contribution is -2.29. The minimum Gasteiger partial charge on any atom is -0.344 e. The van der Waals surface area contributed by atoms with Gasteiger partial charge in [0.25, 0.3) is 0 Å². The van der Waals surface area contributed by atoms with Gasteiger partial charge in [-0.25, -0.2) is 0 Å². The van der Waals surface area contributed by atoms with Crippen LogP contribution < -0.4 is 9.80 Å². The Hall–Kier alpha value is -7.30. The summed E-state index contributed by atoms with van der Waals surface area (Å²) in [5.74, 6) is 0. The van der Waals surface area contributed by atoms with Crippen LogP contribution >= 0.6 is 0 Å². The molecule has 0 saturated heterocycles. The molecule has 2 atom stereocenters. The zero-order valence-electron chi connectivity index (χ0n) is 48.2. The monoisotopic (exact) mass is 1020 g/mol. The van der Waals surface area contributed by atoms with Crippen LogP contribution in [0.25, 0.3) is 43.1 Å². The van der Waals surface area contributed by atoms with E-state index in [1.807, 2.05) is 0 Å². The zero-order chi connectivity index (χ0) is 54.1. The molecule has 4 aliphatic rings. The number of hydrogen-bond donors (Lipinski definition) is 0. The Kier molecular flexibility index (Phi) is 13.1. The summed E-state index contributed by atoms with van der Waals surface area (Å²) in [7, 11) is 0. The molecule has 8 aromatic carbocycles. The summed E-state index contributed by atoms with van der Waals surface area (Å²) in [6.45, 7) is 27.7. The second-order valence-electron chi connectivity index (χ2n) is 24.1. The van der Waals surface area contributed by atoms with E-state index in [-0.39, 0.29) is 21.7 Å². The molecule has 0 amide bonds. The van der Waals surface area contributed by atoms with Crippen molar-refractivity contribution < 1.29 is 9.15 Å². The van der Waals surface area contributed by atoms with Crippen LogP contribution in [0.2, 0.25) is 0 Å². The molecule has 4 heterocycles. The molecule has 4 nitrogen and oxygen atoms in total. The molecule has 0 bridgehead atoms. The van der Waals surface area contributed by atoms with Gasteiger partial charge in [0.15, 0.2) is 11.4 Å². The number of unbranched alkanes of at least 4 members (excludes halogenated alkanes) is 3. The van der Waals surface area contributed by atoms with E-state index in [0.29, 0.717) is 0 Å². The van der Waals surface area contributed by atoms with Gasteiger partial charge in [-0.2, -0.15) is 9.15 Å². The Morgan fingerprint density at radius 3 is 1.06 bits per heavy atom. The van der Waals surface area contributed by atoms with Crippen LogP contribution in [0.4, 0.5) is 22.7 Å². The third kappa shape index (κ3) is 7.90. The molecule has 4 heteroatoms. The highest BCUT2D eigenvalue weighted by atomic mass is 15.2.